The molecule has 1 atom stereocenters. The highest BCUT2D eigenvalue weighted by Gasteiger charge is 2.02. The van der Waals surface area contributed by atoms with Crippen LogP contribution in [-0.4, -0.2) is 6.04 Å². The molecule has 0 aliphatic rings. The van der Waals surface area contributed by atoms with Gasteiger partial charge in [0, 0.05) is 6.04 Å². The Labute approximate surface area is 81.0 Å². The van der Waals surface area contributed by atoms with Crippen molar-refractivity contribution in [2.45, 2.75) is 39.7 Å². The zero-order valence-corrected chi connectivity index (χ0v) is 8.80. The van der Waals surface area contributed by atoms with Crippen LogP contribution in [0.25, 0.3) is 0 Å². The van der Waals surface area contributed by atoms with Gasteiger partial charge in [-0.1, -0.05) is 25.1 Å². The van der Waals surface area contributed by atoms with Crippen LogP contribution in [-0.2, 0) is 12.8 Å². The van der Waals surface area contributed by atoms with Gasteiger partial charge >= 0.3 is 0 Å². The maximum atomic E-state index is 5.78. The summed E-state index contributed by atoms with van der Waals surface area (Å²) in [5.41, 5.74) is 9.94. The Balaban J connectivity index is 2.90. The molecule has 0 saturated carbocycles. The molecule has 0 spiro atoms. The molecule has 1 aromatic rings. The fourth-order valence-electron chi connectivity index (χ4n) is 1.51. The number of nitrogens with two attached hydrogens (primary N) is 1. The average molecular weight is 177 g/mol. The summed E-state index contributed by atoms with van der Waals surface area (Å²) in [5, 5.41) is 0. The average Bonchev–Trinajstić information content (AvgIpc) is 2.08. The SMILES string of the molecule is CCc1ccc(C)c(CC(C)N)c1. The summed E-state index contributed by atoms with van der Waals surface area (Å²) >= 11 is 0. The maximum Gasteiger partial charge on any atom is 0.00510 e. The Morgan fingerprint density at radius 3 is 2.62 bits per heavy atom. The molecule has 0 bridgehead atoms. The third kappa shape index (κ3) is 2.85. The van der Waals surface area contributed by atoms with Gasteiger partial charge in [-0.3, -0.25) is 0 Å². The highest BCUT2D eigenvalue weighted by atomic mass is 14.6. The van der Waals surface area contributed by atoms with Gasteiger partial charge in [0.05, 0.1) is 0 Å². The molecule has 72 valence electrons. The minimum Gasteiger partial charge on any atom is -0.328 e. The monoisotopic (exact) mass is 177 g/mol. The molecule has 2 N–H and O–H groups in total. The number of benzene rings is 1. The summed E-state index contributed by atoms with van der Waals surface area (Å²) in [6, 6.07) is 6.92. The van der Waals surface area contributed by atoms with Crippen LogP contribution in [0.4, 0.5) is 0 Å². The van der Waals surface area contributed by atoms with Crippen LogP contribution in [0.1, 0.15) is 30.5 Å². The van der Waals surface area contributed by atoms with E-state index < -0.39 is 0 Å². The first-order chi connectivity index (χ1) is 6.13. The van der Waals surface area contributed by atoms with Crippen molar-refractivity contribution in [3.05, 3.63) is 34.9 Å². The smallest absolute Gasteiger partial charge is 0.00510 e. The van der Waals surface area contributed by atoms with E-state index in [1.54, 1.807) is 0 Å². The molecule has 0 radical (unpaired) electrons. The van der Waals surface area contributed by atoms with Crippen LogP contribution in [0.15, 0.2) is 18.2 Å². The highest BCUT2D eigenvalue weighted by Crippen LogP contribution is 2.13. The van der Waals surface area contributed by atoms with Gasteiger partial charge in [-0.05, 0) is 43.4 Å². The van der Waals surface area contributed by atoms with Crippen LogP contribution < -0.4 is 5.73 Å². The molecule has 1 unspecified atom stereocenters. The summed E-state index contributed by atoms with van der Waals surface area (Å²) in [7, 11) is 0. The van der Waals surface area contributed by atoms with Gasteiger partial charge in [0.25, 0.3) is 0 Å². The summed E-state index contributed by atoms with van der Waals surface area (Å²) in [6.07, 6.45) is 2.09. The quantitative estimate of drug-likeness (QED) is 0.754. The van der Waals surface area contributed by atoms with Crippen molar-refractivity contribution in [3.63, 3.8) is 0 Å². The second-order valence-corrected chi connectivity index (χ2v) is 3.80. The number of rotatable bonds is 3. The van der Waals surface area contributed by atoms with Gasteiger partial charge in [0.1, 0.15) is 0 Å². The van der Waals surface area contributed by atoms with Gasteiger partial charge in [-0.15, -0.1) is 0 Å². The first-order valence-electron chi connectivity index (χ1n) is 4.97. The van der Waals surface area contributed by atoms with E-state index in [0.29, 0.717) is 0 Å². The van der Waals surface area contributed by atoms with Crippen molar-refractivity contribution in [3.8, 4) is 0 Å². The molecule has 1 heteroatoms. The van der Waals surface area contributed by atoms with E-state index in [-0.39, 0.29) is 6.04 Å². The summed E-state index contributed by atoms with van der Waals surface area (Å²) < 4.78 is 0. The van der Waals surface area contributed by atoms with Crippen molar-refractivity contribution in [2.75, 3.05) is 0 Å². The Bertz CT molecular complexity index is 276. The van der Waals surface area contributed by atoms with Gasteiger partial charge < -0.3 is 5.73 Å². The van der Waals surface area contributed by atoms with Crippen molar-refractivity contribution in [2.24, 2.45) is 5.73 Å². The second-order valence-electron chi connectivity index (χ2n) is 3.80. The molecular formula is C12H19N. The second kappa shape index (κ2) is 4.43. The first-order valence-corrected chi connectivity index (χ1v) is 4.97. The van der Waals surface area contributed by atoms with Crippen LogP contribution >= 0.6 is 0 Å². The number of hydrogen-bond acceptors (Lipinski definition) is 1. The molecule has 0 aliphatic heterocycles. The largest absolute Gasteiger partial charge is 0.328 e. The van der Waals surface area contributed by atoms with Gasteiger partial charge in [-0.2, -0.15) is 0 Å². The number of aryl methyl sites for hydroxylation is 2. The minimum absolute atomic E-state index is 0.255. The van der Waals surface area contributed by atoms with E-state index in [2.05, 4.69) is 39.0 Å². The predicted molar refractivity (Wildman–Crippen MR) is 57.9 cm³/mol. The van der Waals surface area contributed by atoms with E-state index in [4.69, 9.17) is 5.73 Å². The molecule has 0 amide bonds. The van der Waals surface area contributed by atoms with Crippen molar-refractivity contribution >= 4 is 0 Å². The zero-order chi connectivity index (χ0) is 9.84. The van der Waals surface area contributed by atoms with Crippen molar-refractivity contribution in [1.29, 1.82) is 0 Å². The third-order valence-corrected chi connectivity index (χ3v) is 2.36. The van der Waals surface area contributed by atoms with Crippen molar-refractivity contribution in [1.82, 2.24) is 0 Å². The molecule has 1 aromatic carbocycles. The molecule has 0 heterocycles. The van der Waals surface area contributed by atoms with Gasteiger partial charge in [0.15, 0.2) is 0 Å². The van der Waals surface area contributed by atoms with Crippen LogP contribution in [0, 0.1) is 6.92 Å². The Morgan fingerprint density at radius 2 is 2.08 bits per heavy atom. The standard InChI is InChI=1S/C12H19N/c1-4-11-6-5-9(2)12(8-11)7-10(3)13/h5-6,8,10H,4,7,13H2,1-3H3. The van der Waals surface area contributed by atoms with E-state index in [0.717, 1.165) is 12.8 Å². The van der Waals surface area contributed by atoms with E-state index in [1.807, 2.05) is 0 Å². The van der Waals surface area contributed by atoms with E-state index >= 15 is 0 Å². The molecule has 0 aliphatic carbocycles. The van der Waals surface area contributed by atoms with Gasteiger partial charge in [-0.25, -0.2) is 0 Å². The molecule has 0 saturated heterocycles. The lowest BCUT2D eigenvalue weighted by Crippen LogP contribution is -2.18. The predicted octanol–water partition coefficient (Wildman–Crippen LogP) is 2.45. The minimum atomic E-state index is 0.255. The lowest BCUT2D eigenvalue weighted by atomic mass is 9.99. The lowest BCUT2D eigenvalue weighted by molar-refractivity contribution is 0.734. The molecule has 13 heavy (non-hydrogen) atoms. The van der Waals surface area contributed by atoms with Crippen LogP contribution in [0.2, 0.25) is 0 Å². The topological polar surface area (TPSA) is 26.0 Å². The Morgan fingerprint density at radius 1 is 1.38 bits per heavy atom. The molecule has 1 nitrogen and oxygen atoms in total. The molecule has 0 aromatic heterocycles. The Kier molecular flexibility index (Phi) is 3.49. The van der Waals surface area contributed by atoms with E-state index in [1.165, 1.54) is 16.7 Å². The molecular weight excluding hydrogens is 158 g/mol. The molecule has 0 fully saturated rings. The lowest BCUT2D eigenvalue weighted by Gasteiger charge is -2.10. The van der Waals surface area contributed by atoms with Crippen LogP contribution in [0.5, 0.6) is 0 Å². The summed E-state index contributed by atoms with van der Waals surface area (Å²) in [4.78, 5) is 0. The first kappa shape index (κ1) is 10.3. The van der Waals surface area contributed by atoms with Crippen LogP contribution in [0.3, 0.4) is 0 Å². The Hall–Kier alpha value is -0.820. The number of hydrogen-bond donors (Lipinski definition) is 1. The van der Waals surface area contributed by atoms with Gasteiger partial charge in [0.2, 0.25) is 0 Å². The maximum absolute atomic E-state index is 5.78. The fourth-order valence-corrected chi connectivity index (χ4v) is 1.51. The summed E-state index contributed by atoms with van der Waals surface area (Å²) in [5.74, 6) is 0. The van der Waals surface area contributed by atoms with E-state index in [9.17, 15) is 0 Å². The fraction of sp³-hybridized carbons (Fsp3) is 0.500. The zero-order valence-electron chi connectivity index (χ0n) is 8.80. The highest BCUT2D eigenvalue weighted by molar-refractivity contribution is 5.31. The third-order valence-electron chi connectivity index (χ3n) is 2.36. The van der Waals surface area contributed by atoms with Crippen molar-refractivity contribution < 1.29 is 0 Å². The summed E-state index contributed by atoms with van der Waals surface area (Å²) in [6.45, 7) is 6.38. The molecule has 1 rings (SSSR count). The normalized spacial score (nSPS) is 12.9.